The third kappa shape index (κ3) is 5.64. The van der Waals surface area contributed by atoms with Crippen molar-refractivity contribution in [2.45, 2.75) is 46.1 Å². The number of aryl methyl sites for hydroxylation is 1. The second-order valence-electron chi connectivity index (χ2n) is 9.17. The Morgan fingerprint density at radius 2 is 1.58 bits per heavy atom. The van der Waals surface area contributed by atoms with Gasteiger partial charge in [-0.15, -0.1) is 0 Å². The van der Waals surface area contributed by atoms with Gasteiger partial charge in [0.1, 0.15) is 0 Å². The number of carbonyl (C=O) groups is 1. The Hall–Kier alpha value is -2.86. The molecule has 0 saturated carbocycles. The predicted octanol–water partition coefficient (Wildman–Crippen LogP) is 5.31. The van der Waals surface area contributed by atoms with Gasteiger partial charge in [0.2, 0.25) is 10.0 Å². The molecule has 0 radical (unpaired) electrons. The molecule has 1 atom stereocenters. The maximum atomic E-state index is 12.8. The van der Waals surface area contributed by atoms with E-state index in [1.165, 1.54) is 5.56 Å². The van der Waals surface area contributed by atoms with Crippen molar-refractivity contribution in [3.8, 4) is 0 Å². The van der Waals surface area contributed by atoms with Gasteiger partial charge < -0.3 is 5.32 Å². The fraction of sp³-hybridized carbons (Fsp3) is 0.320. The molecule has 3 aromatic carbocycles. The maximum Gasteiger partial charge on any atom is 0.251 e. The van der Waals surface area contributed by atoms with E-state index in [9.17, 15) is 13.2 Å². The van der Waals surface area contributed by atoms with Crippen molar-refractivity contribution in [1.29, 1.82) is 0 Å². The molecule has 5 nitrogen and oxygen atoms in total. The minimum absolute atomic E-state index is 0.0736. The van der Waals surface area contributed by atoms with Crippen molar-refractivity contribution >= 4 is 32.4 Å². The van der Waals surface area contributed by atoms with Crippen molar-refractivity contribution in [3.05, 3.63) is 76.9 Å². The van der Waals surface area contributed by atoms with Crippen molar-refractivity contribution in [1.82, 2.24) is 5.32 Å². The number of hydrogen-bond acceptors (Lipinski definition) is 3. The summed E-state index contributed by atoms with van der Waals surface area (Å²) in [6.07, 6.45) is 1.12. The Kier molecular flexibility index (Phi) is 6.14. The number of anilines is 1. The molecule has 3 aromatic rings. The first-order chi connectivity index (χ1) is 14.3. The molecule has 0 saturated heterocycles. The average Bonchev–Trinajstić information content (AvgIpc) is 2.66. The van der Waals surface area contributed by atoms with Crippen molar-refractivity contribution < 1.29 is 13.2 Å². The van der Waals surface area contributed by atoms with Gasteiger partial charge in [0.25, 0.3) is 5.91 Å². The smallest absolute Gasteiger partial charge is 0.251 e. The van der Waals surface area contributed by atoms with Gasteiger partial charge in [-0.05, 0) is 64.9 Å². The largest absolute Gasteiger partial charge is 0.346 e. The highest BCUT2D eigenvalue weighted by Gasteiger charge is 2.16. The van der Waals surface area contributed by atoms with Crippen LogP contribution in [-0.2, 0) is 15.4 Å². The van der Waals surface area contributed by atoms with E-state index in [-0.39, 0.29) is 17.4 Å². The van der Waals surface area contributed by atoms with E-state index in [1.807, 2.05) is 44.2 Å². The number of sulfonamides is 1. The molecule has 0 aliphatic heterocycles. The Morgan fingerprint density at radius 3 is 2.19 bits per heavy atom. The SMILES string of the molecule is Cc1cc(C(C)NC(=O)c2ccc3cc(C(C)(C)C)ccc3c2)ccc1NS(C)(=O)=O. The van der Waals surface area contributed by atoms with E-state index in [4.69, 9.17) is 0 Å². The van der Waals surface area contributed by atoms with Crippen LogP contribution in [0.5, 0.6) is 0 Å². The molecule has 0 spiro atoms. The molecule has 0 heterocycles. The highest BCUT2D eigenvalue weighted by Crippen LogP contribution is 2.27. The van der Waals surface area contributed by atoms with Gasteiger partial charge in [-0.25, -0.2) is 8.42 Å². The van der Waals surface area contributed by atoms with Gasteiger partial charge in [0.05, 0.1) is 18.0 Å². The molecule has 0 aromatic heterocycles. The summed E-state index contributed by atoms with van der Waals surface area (Å²) < 4.78 is 25.4. The molecule has 31 heavy (non-hydrogen) atoms. The molecular formula is C25H30N2O3S. The number of amides is 1. The van der Waals surface area contributed by atoms with Gasteiger partial charge in [-0.2, -0.15) is 0 Å². The van der Waals surface area contributed by atoms with E-state index in [1.54, 1.807) is 6.07 Å². The zero-order valence-electron chi connectivity index (χ0n) is 18.9. The van der Waals surface area contributed by atoms with E-state index in [2.05, 4.69) is 49.0 Å². The Morgan fingerprint density at radius 1 is 0.935 bits per heavy atom. The minimum Gasteiger partial charge on any atom is -0.346 e. The standard InChI is InChI=1S/C25H30N2O3S/c1-16-13-18(10-12-23(16)27-31(6,29)30)17(2)26-24(28)21-8-7-20-15-22(25(3,4)5)11-9-19(20)14-21/h7-15,17,27H,1-6H3,(H,26,28). The third-order valence-electron chi connectivity index (χ3n) is 5.36. The zero-order chi connectivity index (χ0) is 23.0. The first-order valence-electron chi connectivity index (χ1n) is 10.3. The molecule has 1 unspecified atom stereocenters. The first kappa shape index (κ1) is 22.8. The van der Waals surface area contributed by atoms with E-state index >= 15 is 0 Å². The molecule has 0 aliphatic carbocycles. The second kappa shape index (κ2) is 8.35. The summed E-state index contributed by atoms with van der Waals surface area (Å²) in [4.78, 5) is 12.8. The average molecular weight is 439 g/mol. The molecule has 3 rings (SSSR count). The molecule has 0 fully saturated rings. The van der Waals surface area contributed by atoms with Crippen LogP contribution >= 0.6 is 0 Å². The van der Waals surface area contributed by atoms with Gasteiger partial charge in [0.15, 0.2) is 0 Å². The lowest BCUT2D eigenvalue weighted by Gasteiger charge is -2.20. The Bertz CT molecular complexity index is 1240. The van der Waals surface area contributed by atoms with Crippen LogP contribution in [0.15, 0.2) is 54.6 Å². The number of rotatable bonds is 5. The van der Waals surface area contributed by atoms with Crippen LogP contribution in [0.2, 0.25) is 0 Å². The first-order valence-corrected chi connectivity index (χ1v) is 12.2. The van der Waals surface area contributed by atoms with Crippen molar-refractivity contribution in [2.75, 3.05) is 11.0 Å². The number of benzene rings is 3. The summed E-state index contributed by atoms with van der Waals surface area (Å²) in [6, 6.07) is 17.3. The monoisotopic (exact) mass is 438 g/mol. The number of hydrogen-bond donors (Lipinski definition) is 2. The van der Waals surface area contributed by atoms with E-state index < -0.39 is 10.0 Å². The lowest BCUT2D eigenvalue weighted by molar-refractivity contribution is 0.0940. The third-order valence-corrected chi connectivity index (χ3v) is 5.95. The van der Waals surface area contributed by atoms with Crippen LogP contribution in [-0.4, -0.2) is 20.6 Å². The van der Waals surface area contributed by atoms with Crippen LogP contribution in [0, 0.1) is 6.92 Å². The van der Waals surface area contributed by atoms with Gasteiger partial charge in [-0.3, -0.25) is 9.52 Å². The fourth-order valence-electron chi connectivity index (χ4n) is 3.49. The molecular weight excluding hydrogens is 408 g/mol. The molecule has 0 aliphatic rings. The fourth-order valence-corrected chi connectivity index (χ4v) is 4.12. The van der Waals surface area contributed by atoms with Crippen LogP contribution in [0.3, 0.4) is 0 Å². The summed E-state index contributed by atoms with van der Waals surface area (Å²) >= 11 is 0. The van der Waals surface area contributed by atoms with Gasteiger partial charge in [-0.1, -0.05) is 57.2 Å². The second-order valence-corrected chi connectivity index (χ2v) is 10.9. The topological polar surface area (TPSA) is 75.3 Å². The van der Waals surface area contributed by atoms with Crippen LogP contribution in [0.4, 0.5) is 5.69 Å². The molecule has 6 heteroatoms. The van der Waals surface area contributed by atoms with Crippen LogP contribution in [0.25, 0.3) is 10.8 Å². The summed E-state index contributed by atoms with van der Waals surface area (Å²) in [5.41, 5.74) is 4.17. The Labute approximate surface area is 184 Å². The number of carbonyl (C=O) groups excluding carboxylic acids is 1. The van der Waals surface area contributed by atoms with Crippen molar-refractivity contribution in [2.24, 2.45) is 0 Å². The lowest BCUT2D eigenvalue weighted by Crippen LogP contribution is -2.26. The molecule has 164 valence electrons. The summed E-state index contributed by atoms with van der Waals surface area (Å²) in [5, 5.41) is 5.17. The zero-order valence-corrected chi connectivity index (χ0v) is 19.7. The van der Waals surface area contributed by atoms with Crippen LogP contribution < -0.4 is 10.0 Å². The van der Waals surface area contributed by atoms with E-state index in [0.717, 1.165) is 28.2 Å². The van der Waals surface area contributed by atoms with Gasteiger partial charge in [0, 0.05) is 5.56 Å². The number of nitrogens with one attached hydrogen (secondary N) is 2. The minimum atomic E-state index is -3.34. The molecule has 1 amide bonds. The van der Waals surface area contributed by atoms with E-state index in [0.29, 0.717) is 11.3 Å². The predicted molar refractivity (Wildman–Crippen MR) is 128 cm³/mol. The summed E-state index contributed by atoms with van der Waals surface area (Å²) in [5.74, 6) is -0.148. The highest BCUT2D eigenvalue weighted by molar-refractivity contribution is 7.92. The summed E-state index contributed by atoms with van der Waals surface area (Å²) in [7, 11) is -3.34. The van der Waals surface area contributed by atoms with Crippen LogP contribution in [0.1, 0.15) is 60.8 Å². The normalized spacial score (nSPS) is 13.1. The lowest BCUT2D eigenvalue weighted by atomic mass is 9.86. The Balaban J connectivity index is 1.77. The van der Waals surface area contributed by atoms with Gasteiger partial charge >= 0.3 is 0 Å². The summed E-state index contributed by atoms with van der Waals surface area (Å²) in [6.45, 7) is 10.3. The van der Waals surface area contributed by atoms with Crippen molar-refractivity contribution in [3.63, 3.8) is 0 Å². The maximum absolute atomic E-state index is 12.8. The molecule has 0 bridgehead atoms. The quantitative estimate of drug-likeness (QED) is 0.567. The molecule has 2 N–H and O–H groups in total. The highest BCUT2D eigenvalue weighted by atomic mass is 32.2. The number of fused-ring (bicyclic) bond motifs is 1.